The molecule has 1 aliphatic rings. The van der Waals surface area contributed by atoms with Gasteiger partial charge in [0.05, 0.1) is 39.6 Å². The molecule has 3 atom stereocenters. The van der Waals surface area contributed by atoms with E-state index in [0.29, 0.717) is 30.3 Å². The summed E-state index contributed by atoms with van der Waals surface area (Å²) in [5.74, 6) is 1.16. The number of ether oxygens (including phenoxy) is 4. The Bertz CT molecular complexity index is 826. The molecule has 1 heterocycles. The molecular formula is C22H25F3O5. The van der Waals surface area contributed by atoms with Crippen molar-refractivity contribution in [3.05, 3.63) is 53.1 Å². The zero-order chi connectivity index (χ0) is 21.9. The molecule has 1 aliphatic heterocycles. The van der Waals surface area contributed by atoms with Gasteiger partial charge in [-0.25, -0.2) is 0 Å². The minimum Gasteiger partial charge on any atom is -0.493 e. The average Bonchev–Trinajstić information content (AvgIpc) is 3.14. The lowest BCUT2D eigenvalue weighted by molar-refractivity contribution is -0.137. The maximum atomic E-state index is 12.8. The van der Waals surface area contributed by atoms with Crippen LogP contribution in [-0.2, 0) is 17.3 Å². The summed E-state index contributed by atoms with van der Waals surface area (Å²) in [4.78, 5) is 0. The minimum absolute atomic E-state index is 0.0455. The summed E-state index contributed by atoms with van der Waals surface area (Å²) < 4.78 is 60.4. The van der Waals surface area contributed by atoms with Gasteiger partial charge < -0.3 is 24.1 Å². The minimum atomic E-state index is -4.36. The zero-order valence-electron chi connectivity index (χ0n) is 17.0. The van der Waals surface area contributed by atoms with Crippen LogP contribution in [0.5, 0.6) is 17.2 Å². The second-order valence-electron chi connectivity index (χ2n) is 7.22. The second-order valence-corrected chi connectivity index (χ2v) is 7.22. The Morgan fingerprint density at radius 2 is 1.60 bits per heavy atom. The van der Waals surface area contributed by atoms with Crippen molar-refractivity contribution in [2.24, 2.45) is 11.8 Å². The van der Waals surface area contributed by atoms with Gasteiger partial charge in [-0.15, -0.1) is 0 Å². The summed E-state index contributed by atoms with van der Waals surface area (Å²) >= 11 is 0. The van der Waals surface area contributed by atoms with Gasteiger partial charge in [-0.2, -0.15) is 13.2 Å². The molecule has 0 unspecified atom stereocenters. The molecule has 0 aliphatic carbocycles. The van der Waals surface area contributed by atoms with E-state index in [0.717, 1.165) is 23.3 Å². The molecule has 0 aromatic heterocycles. The van der Waals surface area contributed by atoms with Crippen molar-refractivity contribution in [2.45, 2.75) is 18.7 Å². The molecule has 1 N–H and O–H groups in total. The largest absolute Gasteiger partial charge is 0.493 e. The van der Waals surface area contributed by atoms with Gasteiger partial charge in [-0.05, 0) is 47.7 Å². The molecule has 1 saturated heterocycles. The van der Waals surface area contributed by atoms with E-state index in [4.69, 9.17) is 18.9 Å². The van der Waals surface area contributed by atoms with Gasteiger partial charge in [0, 0.05) is 12.5 Å². The molecule has 5 nitrogen and oxygen atoms in total. The van der Waals surface area contributed by atoms with Crippen molar-refractivity contribution >= 4 is 0 Å². The molecule has 0 radical (unpaired) electrons. The molecule has 164 valence electrons. The van der Waals surface area contributed by atoms with Crippen LogP contribution in [0.4, 0.5) is 13.2 Å². The highest BCUT2D eigenvalue weighted by Crippen LogP contribution is 2.45. The fourth-order valence-electron chi connectivity index (χ4n) is 3.92. The molecular weight excluding hydrogens is 401 g/mol. The Kier molecular flexibility index (Phi) is 6.77. The standard InChI is InChI=1S/C22H25F3O5/c1-27-18-9-14(10-19(28-2)21(18)29-3)20-17(11-26)15(12-30-20)8-13-4-6-16(7-5-13)22(23,24)25/h4-7,9-10,15,17,20,26H,8,11-12H2,1-3H3/t15-,17-,20+/m0/s1. The molecule has 1 fully saturated rings. The number of alkyl halides is 3. The number of aliphatic hydroxyl groups excluding tert-OH is 1. The van der Waals surface area contributed by atoms with Crippen LogP contribution in [0.2, 0.25) is 0 Å². The van der Waals surface area contributed by atoms with Crippen LogP contribution in [0.1, 0.15) is 22.8 Å². The fourth-order valence-corrected chi connectivity index (χ4v) is 3.92. The van der Waals surface area contributed by atoms with Crippen LogP contribution in [0.25, 0.3) is 0 Å². The Balaban J connectivity index is 1.81. The van der Waals surface area contributed by atoms with Gasteiger partial charge in [0.1, 0.15) is 0 Å². The van der Waals surface area contributed by atoms with E-state index in [9.17, 15) is 18.3 Å². The Morgan fingerprint density at radius 1 is 1.00 bits per heavy atom. The fraction of sp³-hybridized carbons (Fsp3) is 0.455. The van der Waals surface area contributed by atoms with Crippen molar-refractivity contribution in [1.29, 1.82) is 0 Å². The van der Waals surface area contributed by atoms with Crippen molar-refractivity contribution < 1.29 is 37.2 Å². The lowest BCUT2D eigenvalue weighted by Crippen LogP contribution is -2.21. The highest BCUT2D eigenvalue weighted by molar-refractivity contribution is 5.54. The maximum Gasteiger partial charge on any atom is 0.416 e. The number of methoxy groups -OCH3 is 3. The molecule has 3 rings (SSSR count). The lowest BCUT2D eigenvalue weighted by atomic mass is 9.84. The van der Waals surface area contributed by atoms with E-state index in [2.05, 4.69) is 0 Å². The van der Waals surface area contributed by atoms with Crippen molar-refractivity contribution in [3.63, 3.8) is 0 Å². The predicted molar refractivity (Wildman–Crippen MR) is 104 cm³/mol. The third-order valence-electron chi connectivity index (χ3n) is 5.49. The summed E-state index contributed by atoms with van der Waals surface area (Å²) in [5, 5.41) is 10.0. The Labute approximate surface area is 173 Å². The molecule has 0 saturated carbocycles. The quantitative estimate of drug-likeness (QED) is 0.717. The van der Waals surface area contributed by atoms with Crippen LogP contribution in [0.3, 0.4) is 0 Å². The summed E-state index contributed by atoms with van der Waals surface area (Å²) in [5.41, 5.74) is 0.863. The van der Waals surface area contributed by atoms with E-state index < -0.39 is 17.8 Å². The first kappa shape index (κ1) is 22.2. The second kappa shape index (κ2) is 9.14. The third-order valence-corrected chi connectivity index (χ3v) is 5.49. The number of halogens is 3. The number of hydrogen-bond donors (Lipinski definition) is 1. The molecule has 0 spiro atoms. The first-order valence-electron chi connectivity index (χ1n) is 9.50. The van der Waals surface area contributed by atoms with Crippen LogP contribution in [-0.4, -0.2) is 39.6 Å². The first-order chi connectivity index (χ1) is 14.3. The topological polar surface area (TPSA) is 57.2 Å². The van der Waals surface area contributed by atoms with Gasteiger partial charge in [-0.3, -0.25) is 0 Å². The van der Waals surface area contributed by atoms with E-state index in [-0.39, 0.29) is 18.4 Å². The number of hydrogen-bond acceptors (Lipinski definition) is 5. The summed E-state index contributed by atoms with van der Waals surface area (Å²) in [6.07, 6.45) is -4.26. The molecule has 0 bridgehead atoms. The van der Waals surface area contributed by atoms with Crippen LogP contribution in [0, 0.1) is 11.8 Å². The van der Waals surface area contributed by atoms with Crippen LogP contribution < -0.4 is 14.2 Å². The van der Waals surface area contributed by atoms with E-state index >= 15 is 0 Å². The maximum absolute atomic E-state index is 12.8. The van der Waals surface area contributed by atoms with Crippen LogP contribution in [0.15, 0.2) is 36.4 Å². The number of aliphatic hydroxyl groups is 1. The monoisotopic (exact) mass is 426 g/mol. The summed E-state index contributed by atoms with van der Waals surface area (Å²) in [7, 11) is 4.56. The summed E-state index contributed by atoms with van der Waals surface area (Å²) in [6.45, 7) is 0.264. The van der Waals surface area contributed by atoms with Gasteiger partial charge in [0.25, 0.3) is 0 Å². The molecule has 8 heteroatoms. The highest BCUT2D eigenvalue weighted by Gasteiger charge is 2.38. The summed E-state index contributed by atoms with van der Waals surface area (Å²) in [6, 6.07) is 8.68. The zero-order valence-corrected chi connectivity index (χ0v) is 17.0. The average molecular weight is 426 g/mol. The molecule has 2 aromatic carbocycles. The predicted octanol–water partition coefficient (Wildman–Crippen LogP) is 4.27. The SMILES string of the molecule is COc1cc([C@H]2OC[C@H](Cc3ccc(C(F)(F)F)cc3)[C@@H]2CO)cc(OC)c1OC. The molecule has 30 heavy (non-hydrogen) atoms. The Hall–Kier alpha value is -2.45. The first-order valence-corrected chi connectivity index (χ1v) is 9.50. The number of benzene rings is 2. The van der Waals surface area contributed by atoms with Gasteiger partial charge >= 0.3 is 6.18 Å². The smallest absolute Gasteiger partial charge is 0.416 e. The lowest BCUT2D eigenvalue weighted by Gasteiger charge is -2.23. The highest BCUT2D eigenvalue weighted by atomic mass is 19.4. The van der Waals surface area contributed by atoms with E-state index in [1.54, 1.807) is 12.1 Å². The van der Waals surface area contributed by atoms with Crippen molar-refractivity contribution in [2.75, 3.05) is 34.5 Å². The van der Waals surface area contributed by atoms with Gasteiger partial charge in [0.15, 0.2) is 11.5 Å². The number of rotatable bonds is 7. The van der Waals surface area contributed by atoms with Crippen LogP contribution >= 0.6 is 0 Å². The van der Waals surface area contributed by atoms with E-state index in [1.165, 1.54) is 33.5 Å². The third kappa shape index (κ3) is 4.49. The van der Waals surface area contributed by atoms with Gasteiger partial charge in [-0.1, -0.05) is 12.1 Å². The Morgan fingerprint density at radius 3 is 2.07 bits per heavy atom. The van der Waals surface area contributed by atoms with Gasteiger partial charge in [0.2, 0.25) is 5.75 Å². The van der Waals surface area contributed by atoms with E-state index in [1.807, 2.05) is 0 Å². The van der Waals surface area contributed by atoms with Crippen molar-refractivity contribution in [3.8, 4) is 17.2 Å². The van der Waals surface area contributed by atoms with Crippen molar-refractivity contribution in [1.82, 2.24) is 0 Å². The normalized spacial score (nSPS) is 21.5. The molecule has 0 amide bonds. The molecule has 2 aromatic rings.